The molecule has 3 rings (SSSR count). The van der Waals surface area contributed by atoms with E-state index in [1.165, 1.54) is 0 Å². The van der Waals surface area contributed by atoms with E-state index in [0.29, 0.717) is 6.42 Å². The predicted molar refractivity (Wildman–Crippen MR) is 117 cm³/mol. The lowest BCUT2D eigenvalue weighted by molar-refractivity contribution is -0.142. The third-order valence-corrected chi connectivity index (χ3v) is 5.63. The Morgan fingerprint density at radius 1 is 0.935 bits per heavy atom. The van der Waals surface area contributed by atoms with E-state index in [2.05, 4.69) is 22.8 Å². The SMILES string of the molecule is CCC(CC(=O)NC(CC)C(=O)O)NC(=O)OCC1c2ccccc2-c2ccccc21. The highest BCUT2D eigenvalue weighted by molar-refractivity contribution is 5.84. The van der Waals surface area contributed by atoms with E-state index in [-0.39, 0.29) is 25.4 Å². The van der Waals surface area contributed by atoms with Crippen molar-refractivity contribution < 1.29 is 24.2 Å². The van der Waals surface area contributed by atoms with Gasteiger partial charge < -0.3 is 20.5 Å². The first-order chi connectivity index (χ1) is 14.9. The second-order valence-corrected chi connectivity index (χ2v) is 7.65. The zero-order chi connectivity index (χ0) is 22.4. The second-order valence-electron chi connectivity index (χ2n) is 7.65. The molecule has 0 spiro atoms. The Hall–Kier alpha value is -3.35. The Labute approximate surface area is 181 Å². The molecule has 7 heteroatoms. The third-order valence-electron chi connectivity index (χ3n) is 5.63. The maximum absolute atomic E-state index is 12.4. The minimum absolute atomic E-state index is 0.00945. The van der Waals surface area contributed by atoms with Crippen molar-refractivity contribution >= 4 is 18.0 Å². The molecule has 0 radical (unpaired) electrons. The number of aliphatic carboxylic acids is 1. The first kappa shape index (κ1) is 22.3. The minimum atomic E-state index is -1.08. The molecule has 1 aliphatic carbocycles. The van der Waals surface area contributed by atoms with E-state index >= 15 is 0 Å². The molecule has 164 valence electrons. The van der Waals surface area contributed by atoms with Crippen molar-refractivity contribution in [3.8, 4) is 11.1 Å². The highest BCUT2D eigenvalue weighted by Gasteiger charge is 2.29. The summed E-state index contributed by atoms with van der Waals surface area (Å²) in [7, 11) is 0. The van der Waals surface area contributed by atoms with Crippen molar-refractivity contribution in [1.29, 1.82) is 0 Å². The summed E-state index contributed by atoms with van der Waals surface area (Å²) in [6.45, 7) is 3.72. The third kappa shape index (κ3) is 5.23. The number of hydrogen-bond acceptors (Lipinski definition) is 4. The average molecular weight is 424 g/mol. The number of carboxylic acid groups (broad SMARTS) is 1. The van der Waals surface area contributed by atoms with Gasteiger partial charge in [0.1, 0.15) is 12.6 Å². The molecule has 3 N–H and O–H groups in total. The molecule has 0 fully saturated rings. The van der Waals surface area contributed by atoms with Gasteiger partial charge in [0.05, 0.1) is 0 Å². The largest absolute Gasteiger partial charge is 0.480 e. The molecule has 2 aromatic carbocycles. The second kappa shape index (κ2) is 10.1. The number of ether oxygens (including phenoxy) is 1. The molecule has 2 atom stereocenters. The first-order valence-electron chi connectivity index (χ1n) is 10.6. The highest BCUT2D eigenvalue weighted by atomic mass is 16.5. The van der Waals surface area contributed by atoms with Crippen LogP contribution in [0.3, 0.4) is 0 Å². The number of carboxylic acids is 1. The Bertz CT molecular complexity index is 913. The Morgan fingerprint density at radius 2 is 1.52 bits per heavy atom. The quantitative estimate of drug-likeness (QED) is 0.570. The first-order valence-corrected chi connectivity index (χ1v) is 10.6. The molecule has 7 nitrogen and oxygen atoms in total. The monoisotopic (exact) mass is 424 g/mol. The summed E-state index contributed by atoms with van der Waals surface area (Å²) in [5.41, 5.74) is 4.56. The summed E-state index contributed by atoms with van der Waals surface area (Å²) in [5.74, 6) is -1.53. The molecule has 2 amide bonds. The van der Waals surface area contributed by atoms with E-state index in [9.17, 15) is 14.4 Å². The molecule has 0 saturated carbocycles. The summed E-state index contributed by atoms with van der Waals surface area (Å²) in [5, 5.41) is 14.3. The van der Waals surface area contributed by atoms with Gasteiger partial charge in [-0.25, -0.2) is 9.59 Å². The lowest BCUT2D eigenvalue weighted by atomic mass is 9.98. The lowest BCUT2D eigenvalue weighted by Gasteiger charge is -2.19. The van der Waals surface area contributed by atoms with Crippen LogP contribution >= 0.6 is 0 Å². The molecule has 2 aromatic rings. The van der Waals surface area contributed by atoms with Crippen molar-refractivity contribution in [3.05, 3.63) is 59.7 Å². The summed E-state index contributed by atoms with van der Waals surface area (Å²) in [6.07, 6.45) is 0.204. The van der Waals surface area contributed by atoms with Crippen LogP contribution in [0.5, 0.6) is 0 Å². The lowest BCUT2D eigenvalue weighted by Crippen LogP contribution is -2.44. The van der Waals surface area contributed by atoms with Crippen molar-refractivity contribution in [3.63, 3.8) is 0 Å². The smallest absolute Gasteiger partial charge is 0.407 e. The van der Waals surface area contributed by atoms with Gasteiger partial charge in [0, 0.05) is 18.4 Å². The molecule has 0 aromatic heterocycles. The van der Waals surface area contributed by atoms with E-state index in [4.69, 9.17) is 9.84 Å². The zero-order valence-corrected chi connectivity index (χ0v) is 17.8. The molecular weight excluding hydrogens is 396 g/mol. The van der Waals surface area contributed by atoms with E-state index < -0.39 is 30.1 Å². The molecule has 1 aliphatic rings. The average Bonchev–Trinajstić information content (AvgIpc) is 3.09. The van der Waals surface area contributed by atoms with Crippen LogP contribution in [0.15, 0.2) is 48.5 Å². The van der Waals surface area contributed by atoms with Gasteiger partial charge in [-0.15, -0.1) is 0 Å². The summed E-state index contributed by atoms with van der Waals surface area (Å²) in [6, 6.07) is 14.8. The normalized spacial score (nSPS) is 14.1. The minimum Gasteiger partial charge on any atom is -0.480 e. The number of benzene rings is 2. The maximum atomic E-state index is 12.4. The van der Waals surface area contributed by atoms with E-state index in [0.717, 1.165) is 22.3 Å². The summed E-state index contributed by atoms with van der Waals surface area (Å²) in [4.78, 5) is 35.6. The fourth-order valence-electron chi connectivity index (χ4n) is 3.92. The van der Waals surface area contributed by atoms with Gasteiger partial charge >= 0.3 is 12.1 Å². The van der Waals surface area contributed by atoms with Crippen LogP contribution in [-0.4, -0.2) is 41.8 Å². The fraction of sp³-hybridized carbons (Fsp3) is 0.375. The van der Waals surface area contributed by atoms with Crippen LogP contribution < -0.4 is 10.6 Å². The van der Waals surface area contributed by atoms with Crippen LogP contribution in [0.4, 0.5) is 4.79 Å². The van der Waals surface area contributed by atoms with Crippen molar-refractivity contribution in [1.82, 2.24) is 10.6 Å². The molecule has 2 unspecified atom stereocenters. The van der Waals surface area contributed by atoms with Gasteiger partial charge in [-0.05, 0) is 35.1 Å². The number of rotatable bonds is 9. The molecular formula is C24H28N2O5. The molecule has 31 heavy (non-hydrogen) atoms. The number of amides is 2. The number of fused-ring (bicyclic) bond motifs is 3. The summed E-state index contributed by atoms with van der Waals surface area (Å²) >= 11 is 0. The molecule has 0 saturated heterocycles. The fourth-order valence-corrected chi connectivity index (χ4v) is 3.92. The Morgan fingerprint density at radius 3 is 2.03 bits per heavy atom. The Balaban J connectivity index is 1.57. The van der Waals surface area contributed by atoms with E-state index in [1.807, 2.05) is 43.3 Å². The van der Waals surface area contributed by atoms with Gasteiger partial charge in [-0.3, -0.25) is 4.79 Å². The molecule has 0 bridgehead atoms. The molecule has 0 aliphatic heterocycles. The number of carbonyl (C=O) groups excluding carboxylic acids is 2. The topological polar surface area (TPSA) is 105 Å². The van der Waals surface area contributed by atoms with Crippen molar-refractivity contribution in [2.45, 2.75) is 51.1 Å². The number of nitrogens with one attached hydrogen (secondary N) is 2. The number of hydrogen-bond donors (Lipinski definition) is 3. The van der Waals surface area contributed by atoms with Crippen LogP contribution in [0.25, 0.3) is 11.1 Å². The number of alkyl carbamates (subject to hydrolysis) is 1. The maximum Gasteiger partial charge on any atom is 0.407 e. The summed E-state index contributed by atoms with van der Waals surface area (Å²) < 4.78 is 5.52. The van der Waals surface area contributed by atoms with Gasteiger partial charge in [-0.2, -0.15) is 0 Å². The van der Waals surface area contributed by atoms with Gasteiger partial charge in [-0.1, -0.05) is 62.4 Å². The van der Waals surface area contributed by atoms with Crippen LogP contribution in [0.2, 0.25) is 0 Å². The van der Waals surface area contributed by atoms with Crippen molar-refractivity contribution in [2.75, 3.05) is 6.61 Å². The van der Waals surface area contributed by atoms with E-state index in [1.54, 1.807) is 6.92 Å². The Kier molecular flexibility index (Phi) is 7.28. The van der Waals surface area contributed by atoms with Crippen LogP contribution in [0.1, 0.15) is 50.2 Å². The van der Waals surface area contributed by atoms with Gasteiger partial charge in [0.25, 0.3) is 0 Å². The van der Waals surface area contributed by atoms with Gasteiger partial charge in [0.2, 0.25) is 5.91 Å². The standard InChI is InChI=1S/C24H28N2O5/c1-3-15(13-22(27)26-21(4-2)23(28)29)25-24(30)31-14-20-18-11-7-5-9-16(18)17-10-6-8-12-19(17)20/h5-12,15,20-21H,3-4,13-14H2,1-2H3,(H,25,30)(H,26,27)(H,28,29). The van der Waals surface area contributed by atoms with Gasteiger partial charge in [0.15, 0.2) is 0 Å². The molecule has 0 heterocycles. The number of carbonyl (C=O) groups is 3. The predicted octanol–water partition coefficient (Wildman–Crippen LogP) is 3.67. The highest BCUT2D eigenvalue weighted by Crippen LogP contribution is 2.44. The van der Waals surface area contributed by atoms with Crippen LogP contribution in [-0.2, 0) is 14.3 Å². The van der Waals surface area contributed by atoms with Crippen LogP contribution in [0, 0.1) is 0 Å². The van der Waals surface area contributed by atoms with Crippen molar-refractivity contribution in [2.24, 2.45) is 0 Å². The zero-order valence-electron chi connectivity index (χ0n) is 17.8.